The van der Waals surface area contributed by atoms with Crippen molar-refractivity contribution in [2.75, 3.05) is 13.1 Å². The highest BCUT2D eigenvalue weighted by Gasteiger charge is 2.28. The first-order valence-electron chi connectivity index (χ1n) is 7.96. The first-order chi connectivity index (χ1) is 11.1. The summed E-state index contributed by atoms with van der Waals surface area (Å²) in [7, 11) is 0. The van der Waals surface area contributed by atoms with E-state index in [1.807, 2.05) is 31.2 Å². The zero-order valence-corrected chi connectivity index (χ0v) is 14.7. The van der Waals surface area contributed by atoms with Crippen LogP contribution in [-0.4, -0.2) is 23.9 Å². The van der Waals surface area contributed by atoms with E-state index in [1.54, 1.807) is 11.3 Å². The van der Waals surface area contributed by atoms with Gasteiger partial charge in [0, 0.05) is 15.9 Å². The number of rotatable bonds is 5. The molecule has 23 heavy (non-hydrogen) atoms. The molecule has 2 atom stereocenters. The molecular formula is C18H21ClN2OS. The van der Waals surface area contributed by atoms with Crippen LogP contribution in [-0.2, 0) is 4.79 Å². The quantitative estimate of drug-likeness (QED) is 0.867. The van der Waals surface area contributed by atoms with Crippen molar-refractivity contribution < 1.29 is 4.79 Å². The van der Waals surface area contributed by atoms with Crippen LogP contribution in [0.4, 0.5) is 0 Å². The van der Waals surface area contributed by atoms with Gasteiger partial charge in [-0.1, -0.05) is 29.8 Å². The summed E-state index contributed by atoms with van der Waals surface area (Å²) in [4.78, 5) is 16.0. The van der Waals surface area contributed by atoms with E-state index in [1.165, 1.54) is 4.88 Å². The molecule has 5 heteroatoms. The molecule has 0 spiro atoms. The maximum absolute atomic E-state index is 12.4. The average molecular weight is 349 g/mol. The molecule has 1 aromatic heterocycles. The molecule has 0 saturated carbocycles. The molecule has 2 heterocycles. The van der Waals surface area contributed by atoms with Crippen molar-refractivity contribution in [3.8, 4) is 0 Å². The Kier molecular flexibility index (Phi) is 5.36. The SMILES string of the molecule is C[C@@H](NC(=O)CN1CCC[C@@H]1c1cccs1)c1ccc(Cl)cc1. The van der Waals surface area contributed by atoms with E-state index in [-0.39, 0.29) is 11.9 Å². The second-order valence-corrected chi connectivity index (χ2v) is 7.40. The van der Waals surface area contributed by atoms with Crippen LogP contribution >= 0.6 is 22.9 Å². The van der Waals surface area contributed by atoms with E-state index in [9.17, 15) is 4.79 Å². The molecule has 0 aliphatic carbocycles. The molecule has 1 N–H and O–H groups in total. The number of hydrogen-bond donors (Lipinski definition) is 1. The zero-order chi connectivity index (χ0) is 16.2. The Labute approximate surface area is 146 Å². The predicted molar refractivity (Wildman–Crippen MR) is 95.9 cm³/mol. The van der Waals surface area contributed by atoms with Gasteiger partial charge in [0.25, 0.3) is 0 Å². The fourth-order valence-corrected chi connectivity index (χ4v) is 4.15. The Morgan fingerprint density at radius 1 is 1.39 bits per heavy atom. The number of halogens is 1. The lowest BCUT2D eigenvalue weighted by atomic mass is 10.1. The Balaban J connectivity index is 1.57. The van der Waals surface area contributed by atoms with Gasteiger partial charge in [-0.3, -0.25) is 9.69 Å². The van der Waals surface area contributed by atoms with Crippen molar-refractivity contribution in [2.24, 2.45) is 0 Å². The monoisotopic (exact) mass is 348 g/mol. The summed E-state index contributed by atoms with van der Waals surface area (Å²) in [6.45, 7) is 3.45. The van der Waals surface area contributed by atoms with Crippen molar-refractivity contribution in [1.82, 2.24) is 10.2 Å². The molecule has 1 saturated heterocycles. The molecule has 1 aliphatic heterocycles. The summed E-state index contributed by atoms with van der Waals surface area (Å²) in [5.41, 5.74) is 1.07. The predicted octanol–water partition coefficient (Wildman–Crippen LogP) is 4.42. The summed E-state index contributed by atoms with van der Waals surface area (Å²) in [6, 6.07) is 12.3. The Bertz CT molecular complexity index is 642. The zero-order valence-electron chi connectivity index (χ0n) is 13.2. The average Bonchev–Trinajstić information content (AvgIpc) is 3.18. The number of likely N-dealkylation sites (tertiary alicyclic amines) is 1. The van der Waals surface area contributed by atoms with E-state index >= 15 is 0 Å². The van der Waals surface area contributed by atoms with Gasteiger partial charge < -0.3 is 5.32 Å². The lowest BCUT2D eigenvalue weighted by Crippen LogP contribution is -2.37. The fraction of sp³-hybridized carbons (Fsp3) is 0.389. The number of benzene rings is 1. The Morgan fingerprint density at radius 3 is 2.87 bits per heavy atom. The number of hydrogen-bond acceptors (Lipinski definition) is 3. The Morgan fingerprint density at radius 2 is 2.17 bits per heavy atom. The molecule has 122 valence electrons. The molecule has 1 amide bonds. The molecule has 3 rings (SSSR count). The maximum atomic E-state index is 12.4. The number of carbonyl (C=O) groups excluding carboxylic acids is 1. The van der Waals surface area contributed by atoms with Gasteiger partial charge in [0.05, 0.1) is 12.6 Å². The van der Waals surface area contributed by atoms with Gasteiger partial charge in [-0.2, -0.15) is 0 Å². The lowest BCUT2D eigenvalue weighted by molar-refractivity contribution is -0.123. The molecule has 1 aromatic carbocycles. The van der Waals surface area contributed by atoms with E-state index in [0.29, 0.717) is 17.6 Å². The van der Waals surface area contributed by atoms with Gasteiger partial charge in [0.15, 0.2) is 0 Å². The van der Waals surface area contributed by atoms with Crippen LogP contribution in [0.2, 0.25) is 5.02 Å². The standard InChI is InChI=1S/C18H21ClN2OS/c1-13(14-6-8-15(19)9-7-14)20-18(22)12-21-10-2-4-16(21)17-5-3-11-23-17/h3,5-9,11,13,16H,2,4,10,12H2,1H3,(H,20,22)/t13-,16-/m1/s1. The van der Waals surface area contributed by atoms with Gasteiger partial charge in [0.1, 0.15) is 0 Å². The van der Waals surface area contributed by atoms with Crippen LogP contribution in [0.3, 0.4) is 0 Å². The molecule has 1 aliphatic rings. The highest BCUT2D eigenvalue weighted by Crippen LogP contribution is 2.34. The highest BCUT2D eigenvalue weighted by atomic mass is 35.5. The number of nitrogens with one attached hydrogen (secondary N) is 1. The van der Waals surface area contributed by atoms with E-state index in [4.69, 9.17) is 11.6 Å². The molecule has 1 fully saturated rings. The van der Waals surface area contributed by atoms with Gasteiger partial charge in [-0.15, -0.1) is 11.3 Å². The van der Waals surface area contributed by atoms with Crippen LogP contribution in [0.25, 0.3) is 0 Å². The minimum absolute atomic E-state index is 0.0115. The minimum Gasteiger partial charge on any atom is -0.348 e. The summed E-state index contributed by atoms with van der Waals surface area (Å²) in [5, 5.41) is 5.90. The van der Waals surface area contributed by atoms with E-state index in [2.05, 4.69) is 27.7 Å². The highest BCUT2D eigenvalue weighted by molar-refractivity contribution is 7.10. The van der Waals surface area contributed by atoms with Crippen LogP contribution < -0.4 is 5.32 Å². The second kappa shape index (κ2) is 7.47. The fourth-order valence-electron chi connectivity index (χ4n) is 3.12. The van der Waals surface area contributed by atoms with Gasteiger partial charge in [0.2, 0.25) is 5.91 Å². The maximum Gasteiger partial charge on any atom is 0.234 e. The largest absolute Gasteiger partial charge is 0.348 e. The van der Waals surface area contributed by atoms with Crippen molar-refractivity contribution in [1.29, 1.82) is 0 Å². The van der Waals surface area contributed by atoms with Crippen molar-refractivity contribution in [2.45, 2.75) is 31.8 Å². The topological polar surface area (TPSA) is 32.3 Å². The summed E-state index contributed by atoms with van der Waals surface area (Å²) in [5.74, 6) is 0.0795. The molecule has 3 nitrogen and oxygen atoms in total. The number of thiophene rings is 1. The van der Waals surface area contributed by atoms with Crippen molar-refractivity contribution in [3.05, 3.63) is 57.2 Å². The van der Waals surface area contributed by atoms with Gasteiger partial charge in [-0.05, 0) is 55.5 Å². The normalized spacial score (nSPS) is 19.7. The van der Waals surface area contributed by atoms with Gasteiger partial charge >= 0.3 is 0 Å². The smallest absolute Gasteiger partial charge is 0.234 e. The van der Waals surface area contributed by atoms with Crippen molar-refractivity contribution in [3.63, 3.8) is 0 Å². The summed E-state index contributed by atoms with van der Waals surface area (Å²) in [6.07, 6.45) is 2.29. The first kappa shape index (κ1) is 16.5. The third-order valence-electron chi connectivity index (χ3n) is 4.33. The van der Waals surface area contributed by atoms with E-state index in [0.717, 1.165) is 24.9 Å². The van der Waals surface area contributed by atoms with Crippen LogP contribution in [0, 0.1) is 0 Å². The molecular weight excluding hydrogens is 328 g/mol. The number of nitrogens with zero attached hydrogens (tertiary/aromatic N) is 1. The lowest BCUT2D eigenvalue weighted by Gasteiger charge is -2.24. The molecule has 0 unspecified atom stereocenters. The summed E-state index contributed by atoms with van der Waals surface area (Å²) < 4.78 is 0. The van der Waals surface area contributed by atoms with Crippen molar-refractivity contribution >= 4 is 28.8 Å². The Hall–Kier alpha value is -1.36. The summed E-state index contributed by atoms with van der Waals surface area (Å²) >= 11 is 7.68. The number of amides is 1. The first-order valence-corrected chi connectivity index (χ1v) is 9.21. The molecule has 0 bridgehead atoms. The third kappa shape index (κ3) is 4.14. The van der Waals surface area contributed by atoms with Gasteiger partial charge in [-0.25, -0.2) is 0 Å². The number of carbonyl (C=O) groups is 1. The van der Waals surface area contributed by atoms with Crippen LogP contribution in [0.5, 0.6) is 0 Å². The molecule has 2 aromatic rings. The minimum atomic E-state index is -0.0115. The third-order valence-corrected chi connectivity index (χ3v) is 5.55. The van der Waals surface area contributed by atoms with E-state index < -0.39 is 0 Å². The molecule has 0 radical (unpaired) electrons. The van der Waals surface area contributed by atoms with Crippen LogP contribution in [0.1, 0.15) is 42.3 Å². The second-order valence-electron chi connectivity index (χ2n) is 5.98. The van der Waals surface area contributed by atoms with Crippen LogP contribution in [0.15, 0.2) is 41.8 Å².